The van der Waals surface area contributed by atoms with Gasteiger partial charge in [-0.25, -0.2) is 4.79 Å². The average Bonchev–Trinajstić information content (AvgIpc) is 2.53. The van der Waals surface area contributed by atoms with Crippen LogP contribution < -0.4 is 0 Å². The molecule has 0 spiro atoms. The van der Waals surface area contributed by atoms with Crippen LogP contribution in [0.25, 0.3) is 0 Å². The SMILES string of the molecule is C=C(CC(=O)OCCOC)C(=O)OCC(=O)Cc1ccccc1. The van der Waals surface area contributed by atoms with Gasteiger partial charge in [-0.1, -0.05) is 36.9 Å². The number of ketones is 1. The van der Waals surface area contributed by atoms with Crippen molar-refractivity contribution in [1.29, 1.82) is 0 Å². The predicted octanol–water partition coefficient (Wildman–Crippen LogP) is 1.48. The van der Waals surface area contributed by atoms with Crippen LogP contribution in [0.15, 0.2) is 42.5 Å². The maximum absolute atomic E-state index is 11.7. The molecule has 124 valence electrons. The van der Waals surface area contributed by atoms with Crippen molar-refractivity contribution >= 4 is 17.7 Å². The van der Waals surface area contributed by atoms with Gasteiger partial charge in [0.05, 0.1) is 13.0 Å². The van der Waals surface area contributed by atoms with E-state index in [-0.39, 0.29) is 44.0 Å². The summed E-state index contributed by atoms with van der Waals surface area (Å²) in [7, 11) is 1.48. The third-order valence-electron chi connectivity index (χ3n) is 2.81. The van der Waals surface area contributed by atoms with Gasteiger partial charge < -0.3 is 14.2 Å². The third kappa shape index (κ3) is 7.92. The molecule has 1 aromatic rings. The van der Waals surface area contributed by atoms with Crippen molar-refractivity contribution in [3.63, 3.8) is 0 Å². The highest BCUT2D eigenvalue weighted by molar-refractivity contribution is 5.94. The summed E-state index contributed by atoms with van der Waals surface area (Å²) in [6.45, 7) is 3.49. The summed E-state index contributed by atoms with van der Waals surface area (Å²) < 4.78 is 14.4. The molecule has 0 aliphatic heterocycles. The maximum atomic E-state index is 11.7. The third-order valence-corrected chi connectivity index (χ3v) is 2.81. The Bertz CT molecular complexity index is 549. The number of Topliss-reactive ketones (excluding diaryl/α,β-unsaturated/α-hetero) is 1. The van der Waals surface area contributed by atoms with Crippen LogP contribution in [0.5, 0.6) is 0 Å². The molecule has 0 aliphatic rings. The van der Waals surface area contributed by atoms with E-state index in [2.05, 4.69) is 6.58 Å². The van der Waals surface area contributed by atoms with Crippen molar-refractivity contribution in [3.05, 3.63) is 48.0 Å². The summed E-state index contributed by atoms with van der Waals surface area (Å²) in [5, 5.41) is 0. The molecule has 1 aromatic carbocycles. The molecule has 0 aliphatic carbocycles. The van der Waals surface area contributed by atoms with E-state index in [9.17, 15) is 14.4 Å². The molecule has 0 atom stereocenters. The van der Waals surface area contributed by atoms with Crippen molar-refractivity contribution in [1.82, 2.24) is 0 Å². The number of esters is 2. The molecule has 0 N–H and O–H groups in total. The number of methoxy groups -OCH3 is 1. The lowest BCUT2D eigenvalue weighted by molar-refractivity contribution is -0.148. The Morgan fingerprint density at radius 2 is 1.74 bits per heavy atom. The molecule has 0 amide bonds. The summed E-state index contributed by atoms with van der Waals surface area (Å²) >= 11 is 0. The van der Waals surface area contributed by atoms with E-state index in [1.54, 1.807) is 0 Å². The number of carbonyl (C=O) groups excluding carboxylic acids is 3. The Balaban J connectivity index is 2.28. The second-order valence-electron chi connectivity index (χ2n) is 4.77. The lowest BCUT2D eigenvalue weighted by atomic mass is 10.1. The van der Waals surface area contributed by atoms with Crippen LogP contribution >= 0.6 is 0 Å². The largest absolute Gasteiger partial charge is 0.463 e. The van der Waals surface area contributed by atoms with Gasteiger partial charge in [-0.3, -0.25) is 9.59 Å². The molecule has 0 heterocycles. The minimum absolute atomic E-state index is 0.0556. The molecular formula is C17H20O6. The lowest BCUT2D eigenvalue weighted by Gasteiger charge is -2.07. The van der Waals surface area contributed by atoms with Crippen LogP contribution in [0.2, 0.25) is 0 Å². The second kappa shape index (κ2) is 10.3. The normalized spacial score (nSPS) is 9.96. The van der Waals surface area contributed by atoms with Crippen molar-refractivity contribution in [3.8, 4) is 0 Å². The van der Waals surface area contributed by atoms with Gasteiger partial charge in [0.2, 0.25) is 0 Å². The summed E-state index contributed by atoms with van der Waals surface area (Å²) in [5.74, 6) is -1.62. The molecule has 6 nitrogen and oxygen atoms in total. The topological polar surface area (TPSA) is 78.9 Å². The van der Waals surface area contributed by atoms with Gasteiger partial charge in [0.25, 0.3) is 0 Å². The summed E-state index contributed by atoms with van der Waals surface area (Å²) in [5.41, 5.74) is 0.786. The fraction of sp³-hybridized carbons (Fsp3) is 0.353. The van der Waals surface area contributed by atoms with Crippen LogP contribution in [0.4, 0.5) is 0 Å². The first kappa shape index (κ1) is 18.6. The van der Waals surface area contributed by atoms with Crippen LogP contribution in [0, 0.1) is 0 Å². The van der Waals surface area contributed by atoms with E-state index in [1.165, 1.54) is 7.11 Å². The van der Waals surface area contributed by atoms with Crippen molar-refractivity contribution in [2.45, 2.75) is 12.8 Å². The van der Waals surface area contributed by atoms with Gasteiger partial charge >= 0.3 is 11.9 Å². The number of carbonyl (C=O) groups is 3. The first-order chi connectivity index (χ1) is 11.0. The molecular weight excluding hydrogens is 300 g/mol. The Hall–Kier alpha value is -2.47. The molecule has 6 heteroatoms. The zero-order chi connectivity index (χ0) is 17.1. The molecule has 0 saturated carbocycles. The van der Waals surface area contributed by atoms with Gasteiger partial charge in [-0.2, -0.15) is 0 Å². The highest BCUT2D eigenvalue weighted by Crippen LogP contribution is 2.05. The quantitative estimate of drug-likeness (QED) is 0.369. The fourth-order valence-corrected chi connectivity index (χ4v) is 1.66. The number of ether oxygens (including phenoxy) is 3. The zero-order valence-corrected chi connectivity index (χ0v) is 13.1. The van der Waals surface area contributed by atoms with Gasteiger partial charge in [-0.15, -0.1) is 0 Å². The number of hydrogen-bond acceptors (Lipinski definition) is 6. The van der Waals surface area contributed by atoms with E-state index >= 15 is 0 Å². The highest BCUT2D eigenvalue weighted by atomic mass is 16.6. The minimum Gasteiger partial charge on any atom is -0.463 e. The molecule has 0 radical (unpaired) electrons. The smallest absolute Gasteiger partial charge is 0.334 e. The molecule has 23 heavy (non-hydrogen) atoms. The fourth-order valence-electron chi connectivity index (χ4n) is 1.66. The molecule has 1 rings (SSSR count). The highest BCUT2D eigenvalue weighted by Gasteiger charge is 2.15. The number of hydrogen-bond donors (Lipinski definition) is 0. The molecule has 0 bridgehead atoms. The van der Waals surface area contributed by atoms with Crippen molar-refractivity contribution in [2.24, 2.45) is 0 Å². The Morgan fingerprint density at radius 1 is 1.04 bits per heavy atom. The molecule has 0 aromatic heterocycles. The number of rotatable bonds is 10. The Labute approximate surface area is 135 Å². The first-order valence-electron chi connectivity index (χ1n) is 7.08. The van der Waals surface area contributed by atoms with Crippen molar-refractivity contribution in [2.75, 3.05) is 26.9 Å². The Kier molecular flexibility index (Phi) is 8.31. The average molecular weight is 320 g/mol. The van der Waals surface area contributed by atoms with Gasteiger partial charge in [0, 0.05) is 19.1 Å². The van der Waals surface area contributed by atoms with E-state index in [4.69, 9.17) is 14.2 Å². The summed E-state index contributed by atoms with van der Waals surface area (Å²) in [6, 6.07) is 9.13. The maximum Gasteiger partial charge on any atom is 0.334 e. The number of benzene rings is 1. The summed E-state index contributed by atoms with van der Waals surface area (Å²) in [6.07, 6.45) is -0.102. The molecule has 0 unspecified atom stereocenters. The Morgan fingerprint density at radius 3 is 2.39 bits per heavy atom. The zero-order valence-electron chi connectivity index (χ0n) is 13.1. The lowest BCUT2D eigenvalue weighted by Crippen LogP contribution is -2.19. The van der Waals surface area contributed by atoms with Crippen LogP contribution in [-0.2, 0) is 35.0 Å². The van der Waals surface area contributed by atoms with Crippen molar-refractivity contribution < 1.29 is 28.6 Å². The van der Waals surface area contributed by atoms with E-state index < -0.39 is 11.9 Å². The standard InChI is InChI=1S/C17H20O6/c1-13(10-16(19)22-9-8-21-2)17(20)23-12-15(18)11-14-6-4-3-5-7-14/h3-7H,1,8-12H2,2H3. The molecule has 0 fully saturated rings. The monoisotopic (exact) mass is 320 g/mol. The summed E-state index contributed by atoms with van der Waals surface area (Å²) in [4.78, 5) is 34.8. The van der Waals surface area contributed by atoms with E-state index in [0.29, 0.717) is 0 Å². The van der Waals surface area contributed by atoms with Crippen LogP contribution in [0.3, 0.4) is 0 Å². The minimum atomic E-state index is -0.782. The predicted molar refractivity (Wildman–Crippen MR) is 82.7 cm³/mol. The van der Waals surface area contributed by atoms with E-state index in [0.717, 1.165) is 5.56 Å². The van der Waals surface area contributed by atoms with Crippen LogP contribution in [-0.4, -0.2) is 44.7 Å². The van der Waals surface area contributed by atoms with Crippen LogP contribution in [0.1, 0.15) is 12.0 Å². The molecule has 0 saturated heterocycles. The van der Waals surface area contributed by atoms with Gasteiger partial charge in [-0.05, 0) is 5.56 Å². The van der Waals surface area contributed by atoms with Gasteiger partial charge in [0.1, 0.15) is 6.61 Å². The van der Waals surface area contributed by atoms with Gasteiger partial charge in [0.15, 0.2) is 12.4 Å². The first-order valence-corrected chi connectivity index (χ1v) is 7.08. The van der Waals surface area contributed by atoms with E-state index in [1.807, 2.05) is 30.3 Å². The second-order valence-corrected chi connectivity index (χ2v) is 4.77.